The normalized spacial score (nSPS) is 15.7. The number of nitrogens with one attached hydrogen (secondary N) is 2. The largest absolute Gasteiger partial charge is 0.469 e. The second-order valence-corrected chi connectivity index (χ2v) is 11.5. The molecule has 1 aliphatic heterocycles. The van der Waals surface area contributed by atoms with Crippen molar-refractivity contribution < 1.29 is 18.0 Å². The molecule has 1 saturated heterocycles. The summed E-state index contributed by atoms with van der Waals surface area (Å²) in [4.78, 5) is 26.0. The number of piperidine rings is 1. The number of likely N-dealkylation sites (tertiary alicyclic amines) is 1. The standard InChI is InChI=1S/C35H37F2N5O2/c1-3-28(24-14-15-29(36)30(37)22-24)33(41(2)34(43)23-9-5-4-6-10-23)42-18-16-26(17-19-42)38-35-39-31-13-7-11-25(32(31)40-35)21-27-12-8-20-44-27/h4-15,20,22,26,28,33H,3,16-19,21H2,1-2H3,(H2,38,39,40). The first-order valence-corrected chi connectivity index (χ1v) is 15.2. The van der Waals surface area contributed by atoms with E-state index in [-0.39, 0.29) is 24.0 Å². The molecule has 2 atom stereocenters. The van der Waals surface area contributed by atoms with Crippen LogP contribution in [0.25, 0.3) is 11.0 Å². The molecule has 9 heteroatoms. The highest BCUT2D eigenvalue weighted by Crippen LogP contribution is 2.33. The van der Waals surface area contributed by atoms with Gasteiger partial charge in [-0.05, 0) is 72.9 Å². The molecule has 6 rings (SSSR count). The molecule has 1 aliphatic rings. The number of furan rings is 1. The highest BCUT2D eigenvalue weighted by atomic mass is 19.2. The van der Waals surface area contributed by atoms with Gasteiger partial charge >= 0.3 is 0 Å². The van der Waals surface area contributed by atoms with E-state index in [2.05, 4.69) is 21.3 Å². The number of halogens is 2. The Morgan fingerprint density at radius 3 is 2.55 bits per heavy atom. The van der Waals surface area contributed by atoms with E-state index >= 15 is 0 Å². The minimum atomic E-state index is -0.877. The van der Waals surface area contributed by atoms with Crippen LogP contribution in [0, 0.1) is 11.6 Å². The van der Waals surface area contributed by atoms with Gasteiger partial charge in [-0.1, -0.05) is 43.3 Å². The Hall–Kier alpha value is -4.50. The van der Waals surface area contributed by atoms with Crippen LogP contribution in [0.2, 0.25) is 0 Å². The minimum absolute atomic E-state index is 0.107. The third kappa shape index (κ3) is 6.24. The predicted molar refractivity (Wildman–Crippen MR) is 168 cm³/mol. The van der Waals surface area contributed by atoms with Crippen LogP contribution in [-0.2, 0) is 6.42 Å². The van der Waals surface area contributed by atoms with Gasteiger partial charge in [0.25, 0.3) is 5.91 Å². The number of rotatable bonds is 10. The number of amides is 1. The number of carbonyl (C=O) groups is 1. The van der Waals surface area contributed by atoms with Crippen molar-refractivity contribution in [2.24, 2.45) is 0 Å². The Labute approximate surface area is 255 Å². The lowest BCUT2D eigenvalue weighted by molar-refractivity contribution is 0.0200. The summed E-state index contributed by atoms with van der Waals surface area (Å²) in [6, 6.07) is 23.4. The fraction of sp³-hybridized carbons (Fsp3) is 0.314. The van der Waals surface area contributed by atoms with Crippen molar-refractivity contribution in [1.29, 1.82) is 0 Å². The summed E-state index contributed by atoms with van der Waals surface area (Å²) in [5.41, 5.74) is 4.24. The van der Waals surface area contributed by atoms with Crippen molar-refractivity contribution in [3.63, 3.8) is 0 Å². The van der Waals surface area contributed by atoms with Gasteiger partial charge in [0.2, 0.25) is 5.95 Å². The number of aromatic amines is 1. The quantitative estimate of drug-likeness (QED) is 0.178. The number of imidazole rings is 1. The molecule has 0 bridgehead atoms. The molecule has 7 nitrogen and oxygen atoms in total. The van der Waals surface area contributed by atoms with Crippen LogP contribution in [0.4, 0.5) is 14.7 Å². The number of anilines is 1. The van der Waals surface area contributed by atoms with E-state index < -0.39 is 11.6 Å². The van der Waals surface area contributed by atoms with E-state index in [1.165, 1.54) is 12.1 Å². The summed E-state index contributed by atoms with van der Waals surface area (Å²) in [5, 5.41) is 3.59. The highest BCUT2D eigenvalue weighted by Gasteiger charge is 2.36. The summed E-state index contributed by atoms with van der Waals surface area (Å²) in [7, 11) is 1.81. The van der Waals surface area contributed by atoms with E-state index in [4.69, 9.17) is 9.40 Å². The van der Waals surface area contributed by atoms with E-state index in [0.29, 0.717) is 24.0 Å². The van der Waals surface area contributed by atoms with Crippen molar-refractivity contribution in [2.75, 3.05) is 25.5 Å². The van der Waals surface area contributed by atoms with Crippen LogP contribution in [0.15, 0.2) is 89.5 Å². The third-order valence-electron chi connectivity index (χ3n) is 8.69. The molecule has 228 valence electrons. The maximum Gasteiger partial charge on any atom is 0.254 e. The number of para-hydroxylation sites is 1. The summed E-state index contributed by atoms with van der Waals surface area (Å²) in [6.07, 6.45) is 4.32. The molecular weight excluding hydrogens is 560 g/mol. The molecule has 3 aromatic carbocycles. The van der Waals surface area contributed by atoms with Crippen molar-refractivity contribution in [3.8, 4) is 0 Å². The smallest absolute Gasteiger partial charge is 0.254 e. The van der Waals surface area contributed by atoms with Gasteiger partial charge in [0.05, 0.1) is 23.5 Å². The monoisotopic (exact) mass is 597 g/mol. The lowest BCUT2D eigenvalue weighted by Gasteiger charge is -2.45. The lowest BCUT2D eigenvalue weighted by atomic mass is 9.89. The van der Waals surface area contributed by atoms with Crippen LogP contribution in [-0.4, -0.2) is 58.0 Å². The average Bonchev–Trinajstić information content (AvgIpc) is 3.72. The van der Waals surface area contributed by atoms with Crippen molar-refractivity contribution in [3.05, 3.63) is 119 Å². The molecule has 1 amide bonds. The Balaban J connectivity index is 1.20. The number of aromatic nitrogens is 2. The van der Waals surface area contributed by atoms with Gasteiger partial charge in [-0.25, -0.2) is 13.8 Å². The maximum absolute atomic E-state index is 14.4. The number of benzene rings is 3. The van der Waals surface area contributed by atoms with Gasteiger partial charge in [0.1, 0.15) is 5.76 Å². The number of carbonyl (C=O) groups excluding carboxylic acids is 1. The molecule has 2 unspecified atom stereocenters. The zero-order valence-corrected chi connectivity index (χ0v) is 25.0. The van der Waals surface area contributed by atoms with Crippen LogP contribution < -0.4 is 5.32 Å². The van der Waals surface area contributed by atoms with Crippen LogP contribution >= 0.6 is 0 Å². The minimum Gasteiger partial charge on any atom is -0.469 e. The molecule has 2 N–H and O–H groups in total. The summed E-state index contributed by atoms with van der Waals surface area (Å²) >= 11 is 0. The van der Waals surface area contributed by atoms with Crippen molar-refractivity contribution in [2.45, 2.75) is 50.7 Å². The molecule has 5 aromatic rings. The van der Waals surface area contributed by atoms with E-state index in [1.807, 2.05) is 56.4 Å². The van der Waals surface area contributed by atoms with Crippen molar-refractivity contribution in [1.82, 2.24) is 19.8 Å². The average molecular weight is 598 g/mol. The molecule has 0 saturated carbocycles. The van der Waals surface area contributed by atoms with Gasteiger partial charge in [-0.2, -0.15) is 0 Å². The van der Waals surface area contributed by atoms with Crippen LogP contribution in [0.3, 0.4) is 0 Å². The van der Waals surface area contributed by atoms with E-state index in [9.17, 15) is 13.6 Å². The SMILES string of the molecule is CCC(c1ccc(F)c(F)c1)C(N1CCC(Nc2nc3c(Cc4ccco4)cccc3[nH]2)CC1)N(C)C(=O)c1ccccc1. The van der Waals surface area contributed by atoms with E-state index in [0.717, 1.165) is 54.2 Å². The molecule has 3 heterocycles. The van der Waals surface area contributed by atoms with Gasteiger partial charge in [-0.15, -0.1) is 0 Å². The first-order chi connectivity index (χ1) is 21.4. The Kier molecular flexibility index (Phi) is 8.74. The molecule has 0 aliphatic carbocycles. The first kappa shape index (κ1) is 29.6. The molecule has 2 aromatic heterocycles. The molecule has 44 heavy (non-hydrogen) atoms. The summed E-state index contributed by atoms with van der Waals surface area (Å²) < 4.78 is 33.8. The van der Waals surface area contributed by atoms with Crippen LogP contribution in [0.1, 0.15) is 59.3 Å². The Morgan fingerprint density at radius 2 is 1.84 bits per heavy atom. The first-order valence-electron chi connectivity index (χ1n) is 15.2. The fourth-order valence-corrected chi connectivity index (χ4v) is 6.44. The Bertz CT molecular complexity index is 1700. The van der Waals surface area contributed by atoms with Crippen LogP contribution in [0.5, 0.6) is 0 Å². The molecule has 0 radical (unpaired) electrons. The van der Waals surface area contributed by atoms with Gasteiger partial charge < -0.3 is 19.6 Å². The number of hydrogen-bond donors (Lipinski definition) is 2. The molecule has 1 fully saturated rings. The topological polar surface area (TPSA) is 77.4 Å². The molecular formula is C35H37F2N5O2. The van der Waals surface area contributed by atoms with Gasteiger partial charge in [0, 0.05) is 44.1 Å². The Morgan fingerprint density at radius 1 is 1.05 bits per heavy atom. The second kappa shape index (κ2) is 13.0. The summed E-state index contributed by atoms with van der Waals surface area (Å²) in [5.74, 6) is -0.454. The third-order valence-corrected chi connectivity index (χ3v) is 8.69. The van der Waals surface area contributed by atoms with Crippen molar-refractivity contribution >= 4 is 22.9 Å². The second-order valence-electron chi connectivity index (χ2n) is 11.5. The fourth-order valence-electron chi connectivity index (χ4n) is 6.44. The highest BCUT2D eigenvalue weighted by molar-refractivity contribution is 5.94. The lowest BCUT2D eigenvalue weighted by Crippen LogP contribution is -2.55. The summed E-state index contributed by atoms with van der Waals surface area (Å²) in [6.45, 7) is 3.47. The molecule has 0 spiro atoms. The number of H-pyrrole nitrogens is 1. The predicted octanol–water partition coefficient (Wildman–Crippen LogP) is 7.19. The van der Waals surface area contributed by atoms with Gasteiger partial charge in [0.15, 0.2) is 11.6 Å². The van der Waals surface area contributed by atoms with E-state index in [1.54, 1.807) is 29.4 Å². The number of hydrogen-bond acceptors (Lipinski definition) is 5. The maximum atomic E-state index is 14.4. The number of fused-ring (bicyclic) bond motifs is 1. The number of nitrogens with zero attached hydrogens (tertiary/aromatic N) is 3. The number of likely N-dealkylation sites (N-methyl/N-ethyl adjacent to an activating group) is 1. The zero-order chi connectivity index (χ0) is 30.6. The zero-order valence-electron chi connectivity index (χ0n) is 25.0. The van der Waals surface area contributed by atoms with Gasteiger partial charge in [-0.3, -0.25) is 9.69 Å².